The summed E-state index contributed by atoms with van der Waals surface area (Å²) in [6.45, 7) is 0. The molecule has 0 bridgehead atoms. The molecule has 0 fully saturated rings. The molecule has 0 saturated carbocycles. The Bertz CT molecular complexity index is 721. The van der Waals surface area contributed by atoms with E-state index in [0.29, 0.717) is 5.69 Å². The van der Waals surface area contributed by atoms with Crippen LogP contribution < -0.4 is 4.72 Å². The summed E-state index contributed by atoms with van der Waals surface area (Å²) in [5.74, 6) is -0.711. The van der Waals surface area contributed by atoms with E-state index in [9.17, 15) is 13.2 Å². The summed E-state index contributed by atoms with van der Waals surface area (Å²) in [7, 11) is -0.906. The molecule has 2 aromatic rings. The van der Waals surface area contributed by atoms with Gasteiger partial charge in [0, 0.05) is 0 Å². The van der Waals surface area contributed by atoms with E-state index in [4.69, 9.17) is 0 Å². The molecule has 0 atom stereocenters. The molecule has 0 aliphatic carbocycles. The molecular formula is C11H12N4O4S. The Balaban J connectivity index is 2.31. The molecule has 0 radical (unpaired) electrons. The van der Waals surface area contributed by atoms with Gasteiger partial charge in [0.15, 0.2) is 0 Å². The standard InChI is InChI=1S/C11H12N4O4S/c1-12-20(17,18)9-5-3-8(4-6-9)15-7-13-10(14-15)11(16)19-2/h3-7,12H,1-2H3. The van der Waals surface area contributed by atoms with Crippen LogP contribution in [-0.4, -0.2) is 43.3 Å². The van der Waals surface area contributed by atoms with Crippen LogP contribution in [0.3, 0.4) is 0 Å². The van der Waals surface area contributed by atoms with Crippen LogP contribution in [0.15, 0.2) is 35.5 Å². The molecule has 0 amide bonds. The molecule has 1 N–H and O–H groups in total. The summed E-state index contributed by atoms with van der Waals surface area (Å²) in [4.78, 5) is 15.2. The van der Waals surface area contributed by atoms with Gasteiger partial charge in [0.05, 0.1) is 17.7 Å². The van der Waals surface area contributed by atoms with Gasteiger partial charge < -0.3 is 4.74 Å². The number of ether oxygens (including phenoxy) is 1. The number of esters is 1. The van der Waals surface area contributed by atoms with E-state index in [0.717, 1.165) is 0 Å². The minimum Gasteiger partial charge on any atom is -0.463 e. The van der Waals surface area contributed by atoms with Crippen molar-refractivity contribution in [3.05, 3.63) is 36.4 Å². The Morgan fingerprint density at radius 2 is 1.95 bits per heavy atom. The highest BCUT2D eigenvalue weighted by Crippen LogP contribution is 2.12. The van der Waals surface area contributed by atoms with E-state index in [1.807, 2.05) is 0 Å². The molecule has 1 heterocycles. The Morgan fingerprint density at radius 3 is 2.50 bits per heavy atom. The maximum Gasteiger partial charge on any atom is 0.377 e. The zero-order chi connectivity index (χ0) is 14.8. The average Bonchev–Trinajstić information content (AvgIpc) is 2.96. The van der Waals surface area contributed by atoms with Gasteiger partial charge in [-0.15, -0.1) is 5.10 Å². The lowest BCUT2D eigenvalue weighted by atomic mass is 10.3. The molecular weight excluding hydrogens is 284 g/mol. The van der Waals surface area contributed by atoms with Crippen molar-refractivity contribution < 1.29 is 17.9 Å². The number of aromatic nitrogens is 3. The van der Waals surface area contributed by atoms with Gasteiger partial charge in [0.1, 0.15) is 6.33 Å². The highest BCUT2D eigenvalue weighted by Gasteiger charge is 2.13. The van der Waals surface area contributed by atoms with Crippen molar-refractivity contribution in [3.63, 3.8) is 0 Å². The van der Waals surface area contributed by atoms with Crippen LogP contribution in [-0.2, 0) is 14.8 Å². The number of carbonyl (C=O) groups excluding carboxylic acids is 1. The van der Waals surface area contributed by atoms with Gasteiger partial charge in [-0.3, -0.25) is 0 Å². The van der Waals surface area contributed by atoms with Crippen molar-refractivity contribution in [1.29, 1.82) is 0 Å². The molecule has 1 aromatic carbocycles. The SMILES string of the molecule is CNS(=O)(=O)c1ccc(-n2cnc(C(=O)OC)n2)cc1. The van der Waals surface area contributed by atoms with Gasteiger partial charge >= 0.3 is 5.97 Å². The Labute approximate surface area is 115 Å². The maximum atomic E-state index is 11.6. The summed E-state index contributed by atoms with van der Waals surface area (Å²) >= 11 is 0. The largest absolute Gasteiger partial charge is 0.463 e. The normalized spacial score (nSPS) is 11.3. The smallest absolute Gasteiger partial charge is 0.377 e. The number of methoxy groups -OCH3 is 1. The molecule has 8 nitrogen and oxygen atoms in total. The van der Waals surface area contributed by atoms with E-state index in [-0.39, 0.29) is 10.7 Å². The number of hydrogen-bond donors (Lipinski definition) is 1. The highest BCUT2D eigenvalue weighted by atomic mass is 32.2. The Kier molecular flexibility index (Phi) is 3.81. The third-order valence-corrected chi connectivity index (χ3v) is 3.97. The summed E-state index contributed by atoms with van der Waals surface area (Å²) in [5.41, 5.74) is 0.572. The second kappa shape index (κ2) is 5.39. The highest BCUT2D eigenvalue weighted by molar-refractivity contribution is 7.89. The average molecular weight is 296 g/mol. The van der Waals surface area contributed by atoms with Crippen LogP contribution in [0, 0.1) is 0 Å². The lowest BCUT2D eigenvalue weighted by molar-refractivity contribution is 0.0587. The second-order valence-corrected chi connectivity index (χ2v) is 5.59. The first kappa shape index (κ1) is 14.2. The topological polar surface area (TPSA) is 103 Å². The maximum absolute atomic E-state index is 11.6. The van der Waals surface area contributed by atoms with Gasteiger partial charge in [-0.1, -0.05) is 0 Å². The Hall–Kier alpha value is -2.26. The van der Waals surface area contributed by atoms with Crippen LogP contribution in [0.4, 0.5) is 0 Å². The van der Waals surface area contributed by atoms with Crippen molar-refractivity contribution in [2.45, 2.75) is 4.90 Å². The van der Waals surface area contributed by atoms with Gasteiger partial charge in [-0.25, -0.2) is 27.6 Å². The van der Waals surface area contributed by atoms with Crippen molar-refractivity contribution in [2.75, 3.05) is 14.2 Å². The lowest BCUT2D eigenvalue weighted by Crippen LogP contribution is -2.18. The number of rotatable bonds is 4. The van der Waals surface area contributed by atoms with E-state index >= 15 is 0 Å². The summed E-state index contributed by atoms with van der Waals surface area (Å²) in [5, 5.41) is 3.93. The van der Waals surface area contributed by atoms with Crippen LogP contribution in [0.1, 0.15) is 10.6 Å². The molecule has 1 aromatic heterocycles. The minimum atomic E-state index is -3.48. The monoisotopic (exact) mass is 296 g/mol. The fourth-order valence-electron chi connectivity index (χ4n) is 1.47. The third-order valence-electron chi connectivity index (χ3n) is 2.54. The van der Waals surface area contributed by atoms with E-state index in [1.165, 1.54) is 37.3 Å². The number of benzene rings is 1. The molecule has 0 unspecified atom stereocenters. The van der Waals surface area contributed by atoms with Crippen molar-refractivity contribution in [2.24, 2.45) is 0 Å². The lowest BCUT2D eigenvalue weighted by Gasteiger charge is -2.04. The first-order valence-corrected chi connectivity index (χ1v) is 7.00. The van der Waals surface area contributed by atoms with Gasteiger partial charge in [0.2, 0.25) is 10.0 Å². The number of carbonyl (C=O) groups is 1. The van der Waals surface area contributed by atoms with Gasteiger partial charge in [-0.2, -0.15) is 0 Å². The van der Waals surface area contributed by atoms with Crippen molar-refractivity contribution in [3.8, 4) is 5.69 Å². The third kappa shape index (κ3) is 2.68. The number of hydrogen-bond acceptors (Lipinski definition) is 6. The molecule has 0 saturated heterocycles. The number of sulfonamides is 1. The molecule has 0 aliphatic rings. The zero-order valence-electron chi connectivity index (χ0n) is 10.8. The summed E-state index contributed by atoms with van der Waals surface area (Å²) in [6.07, 6.45) is 1.34. The first-order valence-electron chi connectivity index (χ1n) is 5.52. The minimum absolute atomic E-state index is 0.0700. The predicted octanol–water partition coefficient (Wildman–Crippen LogP) is -0.0380. The van der Waals surface area contributed by atoms with Crippen LogP contribution >= 0.6 is 0 Å². The number of nitrogens with zero attached hydrogens (tertiary/aromatic N) is 3. The van der Waals surface area contributed by atoms with Crippen molar-refractivity contribution in [1.82, 2.24) is 19.5 Å². The second-order valence-electron chi connectivity index (χ2n) is 3.71. The zero-order valence-corrected chi connectivity index (χ0v) is 11.6. The molecule has 106 valence electrons. The first-order chi connectivity index (χ1) is 9.47. The van der Waals surface area contributed by atoms with Gasteiger partial charge in [0.25, 0.3) is 5.82 Å². The van der Waals surface area contributed by atoms with Crippen LogP contribution in [0.5, 0.6) is 0 Å². The molecule has 20 heavy (non-hydrogen) atoms. The fourth-order valence-corrected chi connectivity index (χ4v) is 2.20. The van der Waals surface area contributed by atoms with Gasteiger partial charge in [-0.05, 0) is 31.3 Å². The van der Waals surface area contributed by atoms with Crippen molar-refractivity contribution >= 4 is 16.0 Å². The quantitative estimate of drug-likeness (QED) is 0.794. The van der Waals surface area contributed by atoms with Crippen LogP contribution in [0.25, 0.3) is 5.69 Å². The van der Waals surface area contributed by atoms with E-state index in [1.54, 1.807) is 12.1 Å². The van der Waals surface area contributed by atoms with Crippen LogP contribution in [0.2, 0.25) is 0 Å². The fraction of sp³-hybridized carbons (Fsp3) is 0.182. The van der Waals surface area contributed by atoms with E-state index < -0.39 is 16.0 Å². The molecule has 2 rings (SSSR count). The summed E-state index contributed by atoms with van der Waals surface area (Å²) < 4.78 is 31.2. The number of nitrogens with one attached hydrogen (secondary N) is 1. The summed E-state index contributed by atoms with van der Waals surface area (Å²) in [6, 6.07) is 5.97. The molecule has 0 aliphatic heterocycles. The molecule has 9 heteroatoms. The Morgan fingerprint density at radius 1 is 1.30 bits per heavy atom. The van der Waals surface area contributed by atoms with E-state index in [2.05, 4.69) is 19.5 Å². The predicted molar refractivity (Wildman–Crippen MR) is 68.9 cm³/mol. The molecule has 0 spiro atoms.